The van der Waals surface area contributed by atoms with E-state index in [1.165, 1.54) is 11.8 Å². The number of carbonyl (C=O) groups is 2. The van der Waals surface area contributed by atoms with Gasteiger partial charge in [-0.3, -0.25) is 4.79 Å². The Balaban J connectivity index is 2.29. The lowest BCUT2D eigenvalue weighted by molar-refractivity contribution is -0.114. The Morgan fingerprint density at radius 1 is 1.22 bits per heavy atom. The first-order valence-electron chi connectivity index (χ1n) is 7.81. The number of carboxylic acid groups (broad SMARTS) is 1. The van der Waals surface area contributed by atoms with Gasteiger partial charge in [-0.2, -0.15) is 0 Å². The third-order valence-electron chi connectivity index (χ3n) is 4.18. The minimum absolute atomic E-state index is 0.112. The van der Waals surface area contributed by atoms with Crippen LogP contribution in [0, 0.1) is 5.41 Å². The molecule has 126 valence electrons. The molecule has 6 heteroatoms. The fourth-order valence-corrected chi connectivity index (χ4v) is 3.02. The van der Waals surface area contributed by atoms with Crippen LogP contribution in [0.15, 0.2) is 24.3 Å². The summed E-state index contributed by atoms with van der Waals surface area (Å²) >= 11 is 0. The molecule has 1 aromatic rings. The lowest BCUT2D eigenvalue weighted by Gasteiger charge is -2.47. The average molecular weight is 319 g/mol. The van der Waals surface area contributed by atoms with E-state index in [1.807, 2.05) is 24.3 Å². The van der Waals surface area contributed by atoms with E-state index < -0.39 is 6.09 Å². The molecule has 1 aromatic carbocycles. The van der Waals surface area contributed by atoms with E-state index in [-0.39, 0.29) is 17.4 Å². The highest BCUT2D eigenvalue weighted by Crippen LogP contribution is 2.33. The van der Waals surface area contributed by atoms with E-state index in [0.717, 1.165) is 11.4 Å². The number of nitrogens with one attached hydrogen (secondary N) is 1. The molecule has 0 spiro atoms. The van der Waals surface area contributed by atoms with Crippen molar-refractivity contribution in [2.45, 2.75) is 33.7 Å². The minimum atomic E-state index is -0.875. The number of hydrogen-bond donors (Lipinski definition) is 2. The summed E-state index contributed by atoms with van der Waals surface area (Å²) in [5.74, 6) is -0.117. The third-order valence-corrected chi connectivity index (χ3v) is 4.18. The molecule has 0 aromatic heterocycles. The summed E-state index contributed by atoms with van der Waals surface area (Å²) in [5, 5.41) is 12.3. The zero-order chi connectivity index (χ0) is 17.2. The van der Waals surface area contributed by atoms with Gasteiger partial charge in [-0.25, -0.2) is 4.79 Å². The number of para-hydroxylation sites is 2. The Morgan fingerprint density at radius 3 is 2.43 bits per heavy atom. The topological polar surface area (TPSA) is 72.9 Å². The summed E-state index contributed by atoms with van der Waals surface area (Å²) in [6, 6.07) is 7.52. The van der Waals surface area contributed by atoms with Gasteiger partial charge < -0.3 is 20.2 Å². The van der Waals surface area contributed by atoms with Crippen LogP contribution in [0.3, 0.4) is 0 Å². The van der Waals surface area contributed by atoms with Gasteiger partial charge in [-0.15, -0.1) is 0 Å². The number of benzene rings is 1. The smallest absolute Gasteiger partial charge is 0.407 e. The fraction of sp³-hybridized carbons (Fsp3) is 0.529. The Bertz CT molecular complexity index is 595. The van der Waals surface area contributed by atoms with Crippen LogP contribution in [-0.4, -0.2) is 47.7 Å². The molecule has 1 saturated heterocycles. The summed E-state index contributed by atoms with van der Waals surface area (Å²) in [5.41, 5.74) is 1.53. The Morgan fingerprint density at radius 2 is 1.87 bits per heavy atom. The van der Waals surface area contributed by atoms with Crippen LogP contribution in [0.2, 0.25) is 0 Å². The van der Waals surface area contributed by atoms with Crippen LogP contribution in [0.4, 0.5) is 16.2 Å². The van der Waals surface area contributed by atoms with Gasteiger partial charge in [0.1, 0.15) is 0 Å². The molecule has 1 atom stereocenters. The molecule has 0 aliphatic carbocycles. The van der Waals surface area contributed by atoms with Crippen molar-refractivity contribution in [1.82, 2.24) is 4.90 Å². The van der Waals surface area contributed by atoms with E-state index in [2.05, 4.69) is 31.0 Å². The molecule has 2 rings (SSSR count). The predicted octanol–water partition coefficient (Wildman–Crippen LogP) is 2.86. The summed E-state index contributed by atoms with van der Waals surface area (Å²) in [6.45, 7) is 9.30. The second-order valence-corrected chi connectivity index (χ2v) is 7.00. The van der Waals surface area contributed by atoms with E-state index in [9.17, 15) is 14.7 Å². The maximum atomic E-state index is 11.5. The fourth-order valence-electron chi connectivity index (χ4n) is 3.02. The molecule has 2 amide bonds. The van der Waals surface area contributed by atoms with E-state index in [1.54, 1.807) is 0 Å². The molecule has 23 heavy (non-hydrogen) atoms. The standard InChI is InChI=1S/C17H25N3O3/c1-12(21)18-13-7-5-6-8-14(13)19-9-10-20(16(22)23)15(11-19)17(2,3)4/h5-8,15H,9-11H2,1-4H3,(H,18,21)(H,22,23). The Kier molecular flexibility index (Phi) is 4.82. The van der Waals surface area contributed by atoms with Crippen LogP contribution in [0.25, 0.3) is 0 Å². The molecule has 1 fully saturated rings. The van der Waals surface area contributed by atoms with Crippen LogP contribution < -0.4 is 10.2 Å². The number of rotatable bonds is 2. The van der Waals surface area contributed by atoms with E-state index in [0.29, 0.717) is 19.6 Å². The van der Waals surface area contributed by atoms with Crippen molar-refractivity contribution in [1.29, 1.82) is 0 Å². The number of hydrogen-bond acceptors (Lipinski definition) is 3. The first-order valence-corrected chi connectivity index (χ1v) is 7.81. The molecule has 0 radical (unpaired) electrons. The van der Waals surface area contributed by atoms with Gasteiger partial charge in [0.25, 0.3) is 0 Å². The Labute approximate surface area is 137 Å². The highest BCUT2D eigenvalue weighted by Gasteiger charge is 2.38. The first-order chi connectivity index (χ1) is 10.7. The van der Waals surface area contributed by atoms with Gasteiger partial charge >= 0.3 is 6.09 Å². The molecular weight excluding hydrogens is 294 g/mol. The van der Waals surface area contributed by atoms with Crippen LogP contribution in [-0.2, 0) is 4.79 Å². The SMILES string of the molecule is CC(=O)Nc1ccccc1N1CCN(C(=O)O)C(C(C)(C)C)C1. The van der Waals surface area contributed by atoms with Crippen LogP contribution >= 0.6 is 0 Å². The van der Waals surface area contributed by atoms with Crippen LogP contribution in [0.1, 0.15) is 27.7 Å². The van der Waals surface area contributed by atoms with Crippen molar-refractivity contribution in [2.75, 3.05) is 29.9 Å². The Hall–Kier alpha value is -2.24. The number of amides is 2. The van der Waals surface area contributed by atoms with Crippen molar-refractivity contribution in [3.05, 3.63) is 24.3 Å². The number of anilines is 2. The average Bonchev–Trinajstić information content (AvgIpc) is 2.45. The van der Waals surface area contributed by atoms with Gasteiger partial charge in [-0.1, -0.05) is 32.9 Å². The largest absolute Gasteiger partial charge is 0.465 e. The number of nitrogens with zero attached hydrogens (tertiary/aromatic N) is 2. The first kappa shape index (κ1) is 17.1. The van der Waals surface area contributed by atoms with Gasteiger partial charge in [-0.05, 0) is 17.5 Å². The maximum Gasteiger partial charge on any atom is 0.407 e. The zero-order valence-corrected chi connectivity index (χ0v) is 14.2. The molecule has 1 aliphatic heterocycles. The van der Waals surface area contributed by atoms with Gasteiger partial charge in [0.05, 0.1) is 17.4 Å². The lowest BCUT2D eigenvalue weighted by atomic mass is 9.84. The maximum absolute atomic E-state index is 11.5. The zero-order valence-electron chi connectivity index (χ0n) is 14.2. The lowest BCUT2D eigenvalue weighted by Crippen LogP contribution is -2.59. The van der Waals surface area contributed by atoms with Crippen molar-refractivity contribution < 1.29 is 14.7 Å². The second kappa shape index (κ2) is 6.48. The summed E-state index contributed by atoms with van der Waals surface area (Å²) < 4.78 is 0. The molecule has 0 saturated carbocycles. The van der Waals surface area contributed by atoms with Crippen LogP contribution in [0.5, 0.6) is 0 Å². The van der Waals surface area contributed by atoms with Gasteiger partial charge in [0, 0.05) is 26.6 Å². The van der Waals surface area contributed by atoms with E-state index in [4.69, 9.17) is 0 Å². The molecule has 1 aliphatic rings. The number of piperazine rings is 1. The van der Waals surface area contributed by atoms with Gasteiger partial charge in [0.15, 0.2) is 0 Å². The summed E-state index contributed by atoms with van der Waals surface area (Å²) in [7, 11) is 0. The molecule has 1 heterocycles. The third kappa shape index (κ3) is 3.94. The minimum Gasteiger partial charge on any atom is -0.465 e. The monoisotopic (exact) mass is 319 g/mol. The molecular formula is C17H25N3O3. The molecule has 0 bridgehead atoms. The highest BCUT2D eigenvalue weighted by molar-refractivity contribution is 5.92. The van der Waals surface area contributed by atoms with Crippen molar-refractivity contribution in [3.63, 3.8) is 0 Å². The predicted molar refractivity (Wildman–Crippen MR) is 90.9 cm³/mol. The van der Waals surface area contributed by atoms with E-state index >= 15 is 0 Å². The molecule has 1 unspecified atom stereocenters. The quantitative estimate of drug-likeness (QED) is 0.879. The van der Waals surface area contributed by atoms with Crippen molar-refractivity contribution in [3.8, 4) is 0 Å². The van der Waals surface area contributed by atoms with Gasteiger partial charge in [0.2, 0.25) is 5.91 Å². The number of carbonyl (C=O) groups excluding carboxylic acids is 1. The second-order valence-electron chi connectivity index (χ2n) is 7.00. The summed E-state index contributed by atoms with van der Waals surface area (Å²) in [4.78, 5) is 26.6. The van der Waals surface area contributed by atoms with Crippen molar-refractivity contribution >= 4 is 23.4 Å². The molecule has 6 nitrogen and oxygen atoms in total. The highest BCUT2D eigenvalue weighted by atomic mass is 16.4. The van der Waals surface area contributed by atoms with Crippen molar-refractivity contribution in [2.24, 2.45) is 5.41 Å². The molecule has 2 N–H and O–H groups in total. The normalized spacial score (nSPS) is 18.7. The summed E-state index contributed by atoms with van der Waals surface area (Å²) in [6.07, 6.45) is -0.875.